The number of rotatable bonds is 2. The molecular formula is C21H23N5O2. The van der Waals surface area contributed by atoms with E-state index in [1.807, 2.05) is 19.1 Å². The van der Waals surface area contributed by atoms with E-state index in [0.29, 0.717) is 6.54 Å². The number of carbonyl (C=O) groups excluding carboxylic acids is 1. The minimum atomic E-state index is -0.0208. The van der Waals surface area contributed by atoms with Gasteiger partial charge in [0, 0.05) is 25.0 Å². The monoisotopic (exact) mass is 377 g/mol. The maximum absolute atomic E-state index is 12.2. The van der Waals surface area contributed by atoms with Crippen LogP contribution in [0.5, 0.6) is 5.75 Å². The smallest absolute Gasteiger partial charge is 0.265 e. The summed E-state index contributed by atoms with van der Waals surface area (Å²) >= 11 is 0. The summed E-state index contributed by atoms with van der Waals surface area (Å²) in [5, 5.41) is 9.25. The number of pyridine rings is 1. The highest BCUT2D eigenvalue weighted by Crippen LogP contribution is 2.37. The van der Waals surface area contributed by atoms with Gasteiger partial charge in [-0.05, 0) is 56.6 Å². The van der Waals surface area contributed by atoms with Crippen molar-refractivity contribution >= 4 is 22.5 Å². The molecule has 7 nitrogen and oxygen atoms in total. The van der Waals surface area contributed by atoms with E-state index in [1.54, 1.807) is 4.90 Å². The van der Waals surface area contributed by atoms with Crippen molar-refractivity contribution in [2.24, 2.45) is 0 Å². The number of anilines is 1. The predicted molar refractivity (Wildman–Crippen MR) is 108 cm³/mol. The van der Waals surface area contributed by atoms with Crippen molar-refractivity contribution in [1.82, 2.24) is 20.1 Å². The van der Waals surface area contributed by atoms with Crippen LogP contribution in [0.3, 0.4) is 0 Å². The summed E-state index contributed by atoms with van der Waals surface area (Å²) in [6.45, 7) is 7.52. The highest BCUT2D eigenvalue weighted by Gasteiger charge is 2.25. The Morgan fingerprint density at radius 2 is 2.11 bits per heavy atom. The maximum Gasteiger partial charge on any atom is 0.265 e. The van der Waals surface area contributed by atoms with Crippen LogP contribution >= 0.6 is 0 Å². The van der Waals surface area contributed by atoms with Crippen LogP contribution in [-0.2, 0) is 17.9 Å². The molecule has 3 aromatic rings. The molecule has 0 unspecified atom stereocenters. The highest BCUT2D eigenvalue weighted by atomic mass is 16.5. The molecule has 2 aliphatic rings. The average molecular weight is 377 g/mol. The van der Waals surface area contributed by atoms with Crippen molar-refractivity contribution in [2.45, 2.75) is 33.4 Å². The molecule has 2 aromatic heterocycles. The third-order valence-corrected chi connectivity index (χ3v) is 5.51. The number of nitrogens with one attached hydrogen (secondary N) is 1. The second-order valence-electron chi connectivity index (χ2n) is 7.36. The fourth-order valence-corrected chi connectivity index (χ4v) is 4.05. The van der Waals surface area contributed by atoms with Gasteiger partial charge in [0.15, 0.2) is 6.61 Å². The number of carbonyl (C=O) groups is 1. The summed E-state index contributed by atoms with van der Waals surface area (Å²) in [6.07, 6.45) is 1.07. The van der Waals surface area contributed by atoms with E-state index in [0.717, 1.165) is 65.3 Å². The molecule has 7 heteroatoms. The molecule has 28 heavy (non-hydrogen) atoms. The SMILES string of the molecule is CCN1C(=O)COc2cc3c(C)cc(-c4cc5n(n4)CCCNC5)nc3cc21. The number of nitrogens with zero attached hydrogens (tertiary/aromatic N) is 4. The van der Waals surface area contributed by atoms with Crippen molar-refractivity contribution in [2.75, 3.05) is 24.6 Å². The van der Waals surface area contributed by atoms with E-state index in [4.69, 9.17) is 14.8 Å². The Hall–Kier alpha value is -2.93. The van der Waals surface area contributed by atoms with Gasteiger partial charge in [-0.3, -0.25) is 9.48 Å². The molecule has 0 bridgehead atoms. The summed E-state index contributed by atoms with van der Waals surface area (Å²) in [7, 11) is 0. The number of aromatic nitrogens is 3. The van der Waals surface area contributed by atoms with Gasteiger partial charge in [0.1, 0.15) is 11.4 Å². The molecule has 0 aliphatic carbocycles. The molecule has 4 heterocycles. The van der Waals surface area contributed by atoms with Gasteiger partial charge in [-0.25, -0.2) is 4.98 Å². The predicted octanol–water partition coefficient (Wildman–Crippen LogP) is 2.65. The minimum absolute atomic E-state index is 0.0208. The standard InChI is InChI=1S/C21H23N5O2/c1-3-25-19-10-16-15(9-20(19)28-12-21(25)27)13(2)7-17(23-16)18-8-14-11-22-5-4-6-26(14)24-18/h7-10,22H,3-6,11-12H2,1-2H3. The van der Waals surface area contributed by atoms with E-state index in [9.17, 15) is 4.79 Å². The zero-order valence-corrected chi connectivity index (χ0v) is 16.2. The fraction of sp³-hybridized carbons (Fsp3) is 0.381. The Morgan fingerprint density at radius 3 is 2.96 bits per heavy atom. The van der Waals surface area contributed by atoms with Crippen molar-refractivity contribution in [3.8, 4) is 17.1 Å². The Bertz CT molecular complexity index is 1060. The van der Waals surface area contributed by atoms with Crippen molar-refractivity contribution < 1.29 is 9.53 Å². The number of hydrogen-bond donors (Lipinski definition) is 1. The Kier molecular flexibility index (Phi) is 4.05. The van der Waals surface area contributed by atoms with Crippen LogP contribution in [0.4, 0.5) is 5.69 Å². The second-order valence-corrected chi connectivity index (χ2v) is 7.36. The molecule has 1 aromatic carbocycles. The molecule has 0 atom stereocenters. The topological polar surface area (TPSA) is 72.3 Å². The molecule has 0 radical (unpaired) electrons. The zero-order valence-electron chi connectivity index (χ0n) is 16.2. The van der Waals surface area contributed by atoms with Gasteiger partial charge in [0.05, 0.1) is 22.6 Å². The zero-order chi connectivity index (χ0) is 19.3. The number of ether oxygens (including phenoxy) is 1. The first-order chi connectivity index (χ1) is 13.6. The molecule has 1 N–H and O–H groups in total. The van der Waals surface area contributed by atoms with Crippen molar-refractivity contribution in [3.63, 3.8) is 0 Å². The summed E-state index contributed by atoms with van der Waals surface area (Å²) in [6, 6.07) is 8.16. The van der Waals surface area contributed by atoms with Crippen LogP contribution in [0.25, 0.3) is 22.3 Å². The second kappa shape index (κ2) is 6.60. The number of benzene rings is 1. The molecule has 0 spiro atoms. The van der Waals surface area contributed by atoms with Gasteiger partial charge in [0.2, 0.25) is 0 Å². The third-order valence-electron chi connectivity index (χ3n) is 5.51. The lowest BCUT2D eigenvalue weighted by Gasteiger charge is -2.28. The van der Waals surface area contributed by atoms with Gasteiger partial charge in [-0.2, -0.15) is 5.10 Å². The van der Waals surface area contributed by atoms with E-state index in [1.165, 1.54) is 5.69 Å². The highest BCUT2D eigenvalue weighted by molar-refractivity contribution is 6.01. The van der Waals surface area contributed by atoms with Crippen molar-refractivity contribution in [3.05, 3.63) is 35.5 Å². The summed E-state index contributed by atoms with van der Waals surface area (Å²) in [4.78, 5) is 18.8. The number of likely N-dealkylation sites (N-methyl/N-ethyl adjacent to an activating group) is 1. The molecule has 0 saturated carbocycles. The van der Waals surface area contributed by atoms with Crippen LogP contribution in [-0.4, -0.2) is 40.4 Å². The van der Waals surface area contributed by atoms with Gasteiger partial charge in [0.25, 0.3) is 5.91 Å². The van der Waals surface area contributed by atoms with E-state index in [2.05, 4.69) is 29.1 Å². The van der Waals surface area contributed by atoms with Gasteiger partial charge >= 0.3 is 0 Å². The van der Waals surface area contributed by atoms with Gasteiger partial charge in [-0.15, -0.1) is 0 Å². The minimum Gasteiger partial charge on any atom is -0.482 e. The largest absolute Gasteiger partial charge is 0.482 e. The van der Waals surface area contributed by atoms with E-state index >= 15 is 0 Å². The summed E-state index contributed by atoms with van der Waals surface area (Å²) < 4.78 is 7.75. The maximum atomic E-state index is 12.2. The summed E-state index contributed by atoms with van der Waals surface area (Å²) in [5.74, 6) is 0.721. The van der Waals surface area contributed by atoms with Gasteiger partial charge < -0.3 is 15.0 Å². The normalized spacial score (nSPS) is 16.5. The lowest BCUT2D eigenvalue weighted by atomic mass is 10.1. The lowest BCUT2D eigenvalue weighted by molar-refractivity contribution is -0.121. The molecule has 2 aliphatic heterocycles. The van der Waals surface area contributed by atoms with E-state index < -0.39 is 0 Å². The molecule has 0 fully saturated rings. The van der Waals surface area contributed by atoms with Crippen LogP contribution < -0.4 is 15.0 Å². The van der Waals surface area contributed by atoms with E-state index in [-0.39, 0.29) is 12.5 Å². The Balaban J connectivity index is 1.63. The number of amides is 1. The Morgan fingerprint density at radius 1 is 1.21 bits per heavy atom. The van der Waals surface area contributed by atoms with Crippen LogP contribution in [0.15, 0.2) is 24.3 Å². The van der Waals surface area contributed by atoms with Crippen LogP contribution in [0.1, 0.15) is 24.6 Å². The number of hydrogen-bond acceptors (Lipinski definition) is 5. The van der Waals surface area contributed by atoms with Gasteiger partial charge in [-0.1, -0.05) is 0 Å². The summed E-state index contributed by atoms with van der Waals surface area (Å²) in [5.41, 5.74) is 5.70. The molecule has 0 saturated heterocycles. The molecule has 5 rings (SSSR count). The number of aryl methyl sites for hydroxylation is 2. The number of fused-ring (bicyclic) bond motifs is 3. The quantitative estimate of drug-likeness (QED) is 0.743. The Labute approximate surface area is 163 Å². The first-order valence-corrected chi connectivity index (χ1v) is 9.80. The van der Waals surface area contributed by atoms with Crippen LogP contribution in [0, 0.1) is 6.92 Å². The molecule has 1 amide bonds. The molecule has 144 valence electrons. The lowest BCUT2D eigenvalue weighted by Crippen LogP contribution is -2.38. The first-order valence-electron chi connectivity index (χ1n) is 9.80. The van der Waals surface area contributed by atoms with Crippen molar-refractivity contribution in [1.29, 1.82) is 0 Å². The average Bonchev–Trinajstić information content (AvgIpc) is 2.97. The molecular weight excluding hydrogens is 354 g/mol. The van der Waals surface area contributed by atoms with Crippen LogP contribution in [0.2, 0.25) is 0 Å². The first kappa shape index (κ1) is 17.2. The fourth-order valence-electron chi connectivity index (χ4n) is 4.05. The third kappa shape index (κ3) is 2.74.